The third-order valence-corrected chi connectivity index (χ3v) is 14.3. The zero-order valence-electron chi connectivity index (χ0n) is 38.0. The van der Waals surface area contributed by atoms with Gasteiger partial charge in [0.2, 0.25) is 0 Å². The third kappa shape index (κ3) is 6.64. The van der Waals surface area contributed by atoms with E-state index in [1.165, 1.54) is 71.9 Å². The monoisotopic (exact) mass is 878 g/mol. The molecule has 0 aliphatic heterocycles. The molecule has 0 atom stereocenters. The number of hydrogen-bond donors (Lipinski definition) is 0. The molecular formula is C67H46N2. The number of para-hydroxylation sites is 2. The Hall–Kier alpha value is -8.98. The Morgan fingerprint density at radius 2 is 0.710 bits per heavy atom. The van der Waals surface area contributed by atoms with Crippen LogP contribution < -0.4 is 4.90 Å². The number of benzene rings is 11. The molecule has 1 heterocycles. The molecule has 0 amide bonds. The van der Waals surface area contributed by atoms with Gasteiger partial charge in [0.05, 0.1) is 22.1 Å². The van der Waals surface area contributed by atoms with Gasteiger partial charge in [0, 0.05) is 33.4 Å². The van der Waals surface area contributed by atoms with Gasteiger partial charge in [-0.1, -0.05) is 218 Å². The van der Waals surface area contributed by atoms with Crippen molar-refractivity contribution in [2.75, 3.05) is 4.90 Å². The van der Waals surface area contributed by atoms with Crippen LogP contribution in [0.5, 0.6) is 0 Å². The van der Waals surface area contributed by atoms with Crippen molar-refractivity contribution in [1.82, 2.24) is 4.57 Å². The summed E-state index contributed by atoms with van der Waals surface area (Å²) in [4.78, 5) is 2.43. The van der Waals surface area contributed by atoms with Crippen LogP contribution >= 0.6 is 0 Å². The molecule has 1 aliphatic carbocycles. The molecule has 0 saturated carbocycles. The second-order valence-electron chi connectivity index (χ2n) is 18.0. The Labute approximate surface area is 403 Å². The van der Waals surface area contributed by atoms with Gasteiger partial charge >= 0.3 is 0 Å². The number of fused-ring (bicyclic) bond motifs is 6. The smallest absolute Gasteiger partial charge is 0.0713 e. The predicted octanol–water partition coefficient (Wildman–Crippen LogP) is 17.6. The first-order chi connectivity index (χ1) is 34.2. The molecule has 0 unspecified atom stereocenters. The van der Waals surface area contributed by atoms with Crippen LogP contribution in [0, 0.1) is 0 Å². The van der Waals surface area contributed by atoms with Crippen LogP contribution in [0.4, 0.5) is 17.1 Å². The number of anilines is 3. The van der Waals surface area contributed by atoms with Crippen LogP contribution in [0.1, 0.15) is 22.3 Å². The minimum absolute atomic E-state index is 0.483. The van der Waals surface area contributed by atoms with Crippen LogP contribution in [0.3, 0.4) is 0 Å². The first-order valence-electron chi connectivity index (χ1n) is 23.8. The van der Waals surface area contributed by atoms with Gasteiger partial charge in [-0.25, -0.2) is 0 Å². The summed E-state index contributed by atoms with van der Waals surface area (Å²) in [5.74, 6) is 0. The van der Waals surface area contributed by atoms with Crippen molar-refractivity contribution >= 4 is 38.9 Å². The maximum Gasteiger partial charge on any atom is 0.0713 e. The highest BCUT2D eigenvalue weighted by atomic mass is 15.1. The Balaban J connectivity index is 0.947. The molecule has 2 nitrogen and oxygen atoms in total. The van der Waals surface area contributed by atoms with E-state index < -0.39 is 5.41 Å². The number of aromatic nitrogens is 1. The van der Waals surface area contributed by atoms with Crippen molar-refractivity contribution in [1.29, 1.82) is 0 Å². The van der Waals surface area contributed by atoms with Crippen molar-refractivity contribution < 1.29 is 0 Å². The topological polar surface area (TPSA) is 8.17 Å². The van der Waals surface area contributed by atoms with Gasteiger partial charge in [-0.3, -0.25) is 0 Å². The van der Waals surface area contributed by atoms with Crippen molar-refractivity contribution in [3.05, 3.63) is 301 Å². The molecule has 0 bridgehead atoms. The van der Waals surface area contributed by atoms with Crippen LogP contribution in [-0.2, 0) is 5.41 Å². The van der Waals surface area contributed by atoms with Crippen LogP contribution in [0.15, 0.2) is 279 Å². The highest BCUT2D eigenvalue weighted by Crippen LogP contribution is 2.56. The summed E-state index contributed by atoms with van der Waals surface area (Å²) in [5, 5.41) is 2.53. The van der Waals surface area contributed by atoms with E-state index in [1.807, 2.05) is 0 Å². The van der Waals surface area contributed by atoms with Crippen LogP contribution in [0.2, 0.25) is 0 Å². The lowest BCUT2D eigenvalue weighted by atomic mass is 9.68. The van der Waals surface area contributed by atoms with Gasteiger partial charge in [0.25, 0.3) is 0 Å². The zero-order valence-corrected chi connectivity index (χ0v) is 38.0. The quantitative estimate of drug-likeness (QED) is 0.140. The molecule has 1 aromatic heterocycles. The highest BCUT2D eigenvalue weighted by Gasteiger charge is 2.45. The van der Waals surface area contributed by atoms with Crippen molar-refractivity contribution in [3.8, 4) is 50.2 Å². The van der Waals surface area contributed by atoms with E-state index in [4.69, 9.17) is 0 Å². The maximum absolute atomic E-state index is 2.43. The maximum atomic E-state index is 2.43. The average Bonchev–Trinajstić information content (AvgIpc) is 3.93. The fourth-order valence-electron chi connectivity index (χ4n) is 11.2. The summed E-state index contributed by atoms with van der Waals surface area (Å²) in [7, 11) is 0. The molecule has 0 spiro atoms. The molecular weight excluding hydrogens is 833 g/mol. The number of rotatable bonds is 9. The average molecular weight is 879 g/mol. The van der Waals surface area contributed by atoms with Crippen molar-refractivity contribution in [3.63, 3.8) is 0 Å². The molecule has 324 valence electrons. The number of hydrogen-bond acceptors (Lipinski definition) is 1. The predicted molar refractivity (Wildman–Crippen MR) is 289 cm³/mol. The Kier molecular flexibility index (Phi) is 9.77. The minimum Gasteiger partial charge on any atom is -0.310 e. The molecule has 69 heavy (non-hydrogen) atoms. The van der Waals surface area contributed by atoms with E-state index in [0.717, 1.165) is 39.4 Å². The largest absolute Gasteiger partial charge is 0.310 e. The fraction of sp³-hybridized carbons (Fsp3) is 0.0149. The van der Waals surface area contributed by atoms with Crippen LogP contribution in [0.25, 0.3) is 72.0 Å². The van der Waals surface area contributed by atoms with Gasteiger partial charge in [0.15, 0.2) is 0 Å². The summed E-state index contributed by atoms with van der Waals surface area (Å²) in [6.45, 7) is 0. The second-order valence-corrected chi connectivity index (χ2v) is 18.0. The summed E-state index contributed by atoms with van der Waals surface area (Å²) in [6.07, 6.45) is 0. The lowest BCUT2D eigenvalue weighted by Crippen LogP contribution is -2.28. The minimum atomic E-state index is -0.483. The molecule has 13 rings (SSSR count). The van der Waals surface area contributed by atoms with Crippen molar-refractivity contribution in [2.24, 2.45) is 0 Å². The van der Waals surface area contributed by atoms with Gasteiger partial charge in [-0.15, -0.1) is 0 Å². The van der Waals surface area contributed by atoms with Crippen LogP contribution in [-0.4, -0.2) is 4.57 Å². The standard InChI is InChI=1S/C67H46N2/c1-4-18-47(19-5-1)51-36-45-66(61(46-51)50-20-6-2-7-21-50)68(54-39-32-48(33-40-54)49-34-41-56(42-35-49)69-64-30-16-12-26-59(64)60-27-13-17-31-65(60)69)55-43-37-53(38-44-55)67(52-22-8-3-9-23-52)62-28-14-10-24-57(62)58-25-11-15-29-63(58)67/h1-46H. The fourth-order valence-corrected chi connectivity index (χ4v) is 11.2. The number of nitrogens with zero attached hydrogens (tertiary/aromatic N) is 2. The summed E-state index contributed by atoms with van der Waals surface area (Å²) in [6, 6.07) is 102. The van der Waals surface area contributed by atoms with E-state index in [2.05, 4.69) is 289 Å². The molecule has 2 heteroatoms. The summed E-state index contributed by atoms with van der Waals surface area (Å²) in [5.41, 5.74) is 21.0. The van der Waals surface area contributed by atoms with Gasteiger partial charge in [0.1, 0.15) is 0 Å². The van der Waals surface area contributed by atoms with E-state index >= 15 is 0 Å². The third-order valence-electron chi connectivity index (χ3n) is 14.3. The van der Waals surface area contributed by atoms with Gasteiger partial charge in [-0.2, -0.15) is 0 Å². The normalized spacial score (nSPS) is 12.5. The van der Waals surface area contributed by atoms with Gasteiger partial charge in [-0.05, 0) is 122 Å². The molecule has 0 N–H and O–H groups in total. The lowest BCUT2D eigenvalue weighted by molar-refractivity contribution is 0.768. The first-order valence-corrected chi connectivity index (χ1v) is 23.8. The van der Waals surface area contributed by atoms with Gasteiger partial charge < -0.3 is 9.47 Å². The van der Waals surface area contributed by atoms with Crippen molar-refractivity contribution in [2.45, 2.75) is 5.41 Å². The SMILES string of the molecule is c1ccc(-c2ccc(N(c3ccc(-c4ccc(-n5c6ccccc6c6ccccc65)cc4)cc3)c3ccc(C4(c5ccccc5)c5ccccc5-c5ccccc54)cc3)c(-c3ccccc3)c2)cc1. The molecule has 0 fully saturated rings. The van der Waals surface area contributed by atoms with E-state index in [-0.39, 0.29) is 0 Å². The first kappa shape index (κ1) is 40.3. The summed E-state index contributed by atoms with van der Waals surface area (Å²) < 4.78 is 2.38. The molecule has 1 aliphatic rings. The highest BCUT2D eigenvalue weighted by molar-refractivity contribution is 6.09. The van der Waals surface area contributed by atoms with E-state index in [1.54, 1.807) is 0 Å². The Bertz CT molecular complexity index is 3700. The Morgan fingerprint density at radius 1 is 0.290 bits per heavy atom. The molecule has 12 aromatic rings. The molecule has 11 aromatic carbocycles. The second kappa shape index (κ2) is 16.7. The zero-order chi connectivity index (χ0) is 45.7. The molecule has 0 radical (unpaired) electrons. The molecule has 0 saturated heterocycles. The van der Waals surface area contributed by atoms with E-state index in [0.29, 0.717) is 0 Å². The van der Waals surface area contributed by atoms with E-state index in [9.17, 15) is 0 Å². The lowest BCUT2D eigenvalue weighted by Gasteiger charge is -2.34. The summed E-state index contributed by atoms with van der Waals surface area (Å²) >= 11 is 0. The Morgan fingerprint density at radius 3 is 1.29 bits per heavy atom.